The quantitative estimate of drug-likeness (QED) is 0.684. The summed E-state index contributed by atoms with van der Waals surface area (Å²) in [4.78, 5) is 13.6. The highest BCUT2D eigenvalue weighted by Gasteiger charge is 2.23. The van der Waals surface area contributed by atoms with E-state index >= 15 is 0 Å². The number of carbonyl (C=O) groups excluding carboxylic acids is 1. The first-order valence-electron chi connectivity index (χ1n) is 5.48. The fourth-order valence-corrected chi connectivity index (χ4v) is 1.76. The van der Waals surface area contributed by atoms with E-state index in [2.05, 4.69) is 5.10 Å². The van der Waals surface area contributed by atoms with Crippen LogP contribution in [0.25, 0.3) is 0 Å². The Hall–Kier alpha value is -1.60. The van der Waals surface area contributed by atoms with Crippen molar-refractivity contribution < 1.29 is 14.6 Å². The van der Waals surface area contributed by atoms with Gasteiger partial charge in [-0.25, -0.2) is 0 Å². The predicted molar refractivity (Wildman–Crippen MR) is 60.0 cm³/mol. The molecule has 0 radical (unpaired) electrons. The van der Waals surface area contributed by atoms with Gasteiger partial charge in [0, 0.05) is 19.3 Å². The van der Waals surface area contributed by atoms with Crippen LogP contribution in [-0.2, 0) is 16.1 Å². The number of amides is 1. The van der Waals surface area contributed by atoms with Gasteiger partial charge in [0.25, 0.3) is 0 Å². The molecule has 0 aliphatic carbocycles. The van der Waals surface area contributed by atoms with E-state index in [9.17, 15) is 4.79 Å². The van der Waals surface area contributed by atoms with Crippen LogP contribution >= 0.6 is 0 Å². The summed E-state index contributed by atoms with van der Waals surface area (Å²) >= 11 is 0. The molecule has 1 fully saturated rings. The fourth-order valence-electron chi connectivity index (χ4n) is 1.76. The van der Waals surface area contributed by atoms with Crippen molar-refractivity contribution in [2.24, 2.45) is 0 Å². The van der Waals surface area contributed by atoms with Crippen molar-refractivity contribution in [2.45, 2.75) is 12.6 Å². The van der Waals surface area contributed by atoms with Crippen molar-refractivity contribution in [2.75, 3.05) is 32.0 Å². The lowest BCUT2D eigenvalue weighted by Gasteiger charge is -2.32. The molecule has 1 aliphatic heterocycles. The zero-order valence-corrected chi connectivity index (χ0v) is 9.45. The summed E-state index contributed by atoms with van der Waals surface area (Å²) < 4.78 is 6.78. The summed E-state index contributed by atoms with van der Waals surface area (Å²) in [5.41, 5.74) is 5.47. The van der Waals surface area contributed by atoms with Crippen molar-refractivity contribution in [3.05, 3.63) is 12.3 Å². The number of aliphatic hydroxyl groups excluding tert-OH is 1. The van der Waals surface area contributed by atoms with Gasteiger partial charge < -0.3 is 20.5 Å². The molecule has 7 heteroatoms. The summed E-state index contributed by atoms with van der Waals surface area (Å²) in [6.45, 7) is 1.52. The number of hydrogen-bond donors (Lipinski definition) is 2. The molecule has 3 N–H and O–H groups in total. The lowest BCUT2D eigenvalue weighted by atomic mass is 10.3. The van der Waals surface area contributed by atoms with Gasteiger partial charge in [0.2, 0.25) is 5.91 Å². The number of rotatable bonds is 3. The molecule has 1 aromatic heterocycles. The Labute approximate surface area is 98.8 Å². The van der Waals surface area contributed by atoms with Crippen molar-refractivity contribution in [3.8, 4) is 0 Å². The second-order valence-corrected chi connectivity index (χ2v) is 3.95. The molecule has 0 bridgehead atoms. The summed E-state index contributed by atoms with van der Waals surface area (Å²) in [6, 6.07) is 1.64. The average molecular weight is 240 g/mol. The Balaban J connectivity index is 1.91. The first-order chi connectivity index (χ1) is 8.19. The van der Waals surface area contributed by atoms with Crippen LogP contribution in [0.5, 0.6) is 0 Å². The van der Waals surface area contributed by atoms with Crippen LogP contribution < -0.4 is 5.73 Å². The van der Waals surface area contributed by atoms with Crippen LogP contribution in [0, 0.1) is 0 Å². The molecule has 1 atom stereocenters. The molecule has 94 valence electrons. The summed E-state index contributed by atoms with van der Waals surface area (Å²) in [7, 11) is 0. The van der Waals surface area contributed by atoms with Gasteiger partial charge >= 0.3 is 0 Å². The maximum absolute atomic E-state index is 11.9. The standard InChI is InChI=1S/C10H16N4O3/c11-9-1-2-14(12-9)6-10(16)13-3-4-17-8(5-13)7-15/h1-2,8,15H,3-7H2,(H2,11,12). The minimum Gasteiger partial charge on any atom is -0.394 e. The normalized spacial score (nSPS) is 20.5. The molecule has 0 aromatic carbocycles. The molecule has 2 heterocycles. The Morgan fingerprint density at radius 2 is 2.53 bits per heavy atom. The molecule has 1 aromatic rings. The first kappa shape index (κ1) is 11.9. The van der Waals surface area contributed by atoms with E-state index in [0.29, 0.717) is 25.5 Å². The third kappa shape index (κ3) is 2.95. The highest BCUT2D eigenvalue weighted by Crippen LogP contribution is 2.06. The highest BCUT2D eigenvalue weighted by atomic mass is 16.5. The van der Waals surface area contributed by atoms with E-state index in [1.807, 2.05) is 0 Å². The zero-order chi connectivity index (χ0) is 12.3. The number of nitrogens with two attached hydrogens (primary N) is 1. The van der Waals surface area contributed by atoms with Gasteiger partial charge in [-0.05, 0) is 6.07 Å². The monoisotopic (exact) mass is 240 g/mol. The van der Waals surface area contributed by atoms with Crippen LogP contribution in [0.15, 0.2) is 12.3 Å². The van der Waals surface area contributed by atoms with Gasteiger partial charge in [-0.2, -0.15) is 5.10 Å². The first-order valence-corrected chi connectivity index (χ1v) is 5.48. The van der Waals surface area contributed by atoms with Crippen LogP contribution in [-0.4, -0.2) is 58.1 Å². The van der Waals surface area contributed by atoms with E-state index < -0.39 is 0 Å². The molecular weight excluding hydrogens is 224 g/mol. The molecular formula is C10H16N4O3. The number of aliphatic hydroxyl groups is 1. The Morgan fingerprint density at radius 1 is 1.71 bits per heavy atom. The molecule has 2 rings (SSSR count). The summed E-state index contributed by atoms with van der Waals surface area (Å²) in [6.07, 6.45) is 1.38. The maximum atomic E-state index is 11.9. The molecule has 0 saturated carbocycles. The average Bonchev–Trinajstić information content (AvgIpc) is 2.75. The van der Waals surface area contributed by atoms with Crippen LogP contribution in [0.1, 0.15) is 0 Å². The van der Waals surface area contributed by atoms with Crippen LogP contribution in [0.2, 0.25) is 0 Å². The molecule has 1 aliphatic rings. The number of morpholine rings is 1. The van der Waals surface area contributed by atoms with Crippen molar-refractivity contribution in [1.29, 1.82) is 0 Å². The molecule has 7 nitrogen and oxygen atoms in total. The SMILES string of the molecule is Nc1ccn(CC(=O)N2CCOC(CO)C2)n1. The number of ether oxygens (including phenoxy) is 1. The molecule has 1 amide bonds. The Bertz CT molecular complexity index is 393. The third-order valence-electron chi connectivity index (χ3n) is 2.65. The second-order valence-electron chi connectivity index (χ2n) is 3.95. The smallest absolute Gasteiger partial charge is 0.244 e. The van der Waals surface area contributed by atoms with Crippen LogP contribution in [0.4, 0.5) is 5.82 Å². The molecule has 0 spiro atoms. The summed E-state index contributed by atoms with van der Waals surface area (Å²) in [5, 5.41) is 12.9. The van der Waals surface area contributed by atoms with Gasteiger partial charge in [0.1, 0.15) is 12.4 Å². The predicted octanol–water partition coefficient (Wildman–Crippen LogP) is -1.31. The van der Waals surface area contributed by atoms with E-state index in [4.69, 9.17) is 15.6 Å². The number of aromatic nitrogens is 2. The van der Waals surface area contributed by atoms with E-state index in [0.717, 1.165) is 0 Å². The Kier molecular flexibility index (Phi) is 3.60. The van der Waals surface area contributed by atoms with Crippen molar-refractivity contribution in [3.63, 3.8) is 0 Å². The largest absolute Gasteiger partial charge is 0.394 e. The van der Waals surface area contributed by atoms with Gasteiger partial charge in [0.05, 0.1) is 19.3 Å². The minimum absolute atomic E-state index is 0.0464. The molecule has 1 saturated heterocycles. The lowest BCUT2D eigenvalue weighted by Crippen LogP contribution is -2.47. The third-order valence-corrected chi connectivity index (χ3v) is 2.65. The number of hydrogen-bond acceptors (Lipinski definition) is 5. The van der Waals surface area contributed by atoms with Gasteiger partial charge in [-0.15, -0.1) is 0 Å². The van der Waals surface area contributed by atoms with Crippen LogP contribution in [0.3, 0.4) is 0 Å². The number of carbonyl (C=O) groups is 1. The minimum atomic E-state index is -0.282. The lowest BCUT2D eigenvalue weighted by molar-refractivity contribution is -0.141. The van der Waals surface area contributed by atoms with Crippen molar-refractivity contribution in [1.82, 2.24) is 14.7 Å². The maximum Gasteiger partial charge on any atom is 0.244 e. The van der Waals surface area contributed by atoms with E-state index in [1.165, 1.54) is 4.68 Å². The number of nitrogen functional groups attached to an aromatic ring is 1. The van der Waals surface area contributed by atoms with Gasteiger partial charge in [-0.1, -0.05) is 0 Å². The molecule has 17 heavy (non-hydrogen) atoms. The van der Waals surface area contributed by atoms with E-state index in [-0.39, 0.29) is 25.2 Å². The highest BCUT2D eigenvalue weighted by molar-refractivity contribution is 5.76. The zero-order valence-electron chi connectivity index (χ0n) is 9.45. The van der Waals surface area contributed by atoms with E-state index in [1.54, 1.807) is 17.2 Å². The topological polar surface area (TPSA) is 93.6 Å². The molecule has 1 unspecified atom stereocenters. The second kappa shape index (κ2) is 5.15. The summed E-state index contributed by atoms with van der Waals surface area (Å²) in [5.74, 6) is 0.350. The van der Waals surface area contributed by atoms with Crippen molar-refractivity contribution >= 4 is 11.7 Å². The van der Waals surface area contributed by atoms with Gasteiger partial charge in [-0.3, -0.25) is 9.48 Å². The Morgan fingerprint density at radius 3 is 3.18 bits per heavy atom. The number of anilines is 1. The number of nitrogens with zero attached hydrogens (tertiary/aromatic N) is 3. The fraction of sp³-hybridized carbons (Fsp3) is 0.600. The van der Waals surface area contributed by atoms with Gasteiger partial charge in [0.15, 0.2) is 0 Å².